The number of hydrogen-bond donors (Lipinski definition) is 2. The van der Waals surface area contributed by atoms with Crippen LogP contribution in [0.15, 0.2) is 18.2 Å². The molecule has 0 heterocycles. The predicted octanol–water partition coefficient (Wildman–Crippen LogP) is 1.58. The van der Waals surface area contributed by atoms with Crippen molar-refractivity contribution in [3.05, 3.63) is 34.9 Å². The first kappa shape index (κ1) is 15.2. The largest absolute Gasteiger partial charge is 0.479 e. The molecule has 0 aromatic heterocycles. The highest BCUT2D eigenvalue weighted by Crippen LogP contribution is 2.20. The lowest BCUT2D eigenvalue weighted by Gasteiger charge is -2.18. The molecular formula is C14H19NO4. The molecule has 1 unspecified atom stereocenters. The second-order valence-electron chi connectivity index (χ2n) is 4.27. The summed E-state index contributed by atoms with van der Waals surface area (Å²) in [5.41, 5.74) is 2.45. The first-order valence-electron chi connectivity index (χ1n) is 6.13. The van der Waals surface area contributed by atoms with Crippen LogP contribution < -0.4 is 5.32 Å². The SMILES string of the molecule is CCOCC(=O)NC(C(=O)O)c1cccc(C)c1C. The number of carboxylic acids is 1. The molecule has 1 atom stereocenters. The molecular weight excluding hydrogens is 246 g/mol. The lowest BCUT2D eigenvalue weighted by atomic mass is 9.97. The van der Waals surface area contributed by atoms with E-state index in [4.69, 9.17) is 4.74 Å². The van der Waals surface area contributed by atoms with Crippen LogP contribution in [-0.4, -0.2) is 30.2 Å². The average molecular weight is 265 g/mol. The third-order valence-electron chi connectivity index (χ3n) is 2.95. The Balaban J connectivity index is 2.92. The third-order valence-corrected chi connectivity index (χ3v) is 2.95. The standard InChI is InChI=1S/C14H19NO4/c1-4-19-8-12(16)15-13(14(17)18)11-7-5-6-9(2)10(11)3/h5-7,13H,4,8H2,1-3H3,(H,15,16)(H,17,18). The monoisotopic (exact) mass is 265 g/mol. The van der Waals surface area contributed by atoms with Crippen molar-refractivity contribution in [2.45, 2.75) is 26.8 Å². The van der Waals surface area contributed by atoms with E-state index in [-0.39, 0.29) is 6.61 Å². The van der Waals surface area contributed by atoms with Crippen molar-refractivity contribution in [2.75, 3.05) is 13.2 Å². The molecule has 0 saturated heterocycles. The van der Waals surface area contributed by atoms with Gasteiger partial charge in [0, 0.05) is 6.61 Å². The number of amides is 1. The Hall–Kier alpha value is -1.88. The van der Waals surface area contributed by atoms with Crippen molar-refractivity contribution < 1.29 is 19.4 Å². The molecule has 0 aliphatic heterocycles. The summed E-state index contributed by atoms with van der Waals surface area (Å²) >= 11 is 0. The van der Waals surface area contributed by atoms with Crippen LogP contribution in [0.25, 0.3) is 0 Å². The van der Waals surface area contributed by atoms with Gasteiger partial charge in [-0.2, -0.15) is 0 Å². The summed E-state index contributed by atoms with van der Waals surface area (Å²) in [6, 6.07) is 4.34. The number of rotatable bonds is 6. The highest BCUT2D eigenvalue weighted by atomic mass is 16.5. The molecule has 0 fully saturated rings. The number of carboxylic acid groups (broad SMARTS) is 1. The molecule has 2 N–H and O–H groups in total. The van der Waals surface area contributed by atoms with Crippen molar-refractivity contribution >= 4 is 11.9 Å². The predicted molar refractivity (Wildman–Crippen MR) is 70.9 cm³/mol. The molecule has 1 amide bonds. The van der Waals surface area contributed by atoms with E-state index in [9.17, 15) is 14.7 Å². The van der Waals surface area contributed by atoms with E-state index in [1.165, 1.54) is 0 Å². The molecule has 1 aromatic carbocycles. The molecule has 104 valence electrons. The van der Waals surface area contributed by atoms with Crippen LogP contribution in [0, 0.1) is 13.8 Å². The number of nitrogens with one attached hydrogen (secondary N) is 1. The molecule has 0 saturated carbocycles. The van der Waals surface area contributed by atoms with Crippen LogP contribution in [0.3, 0.4) is 0 Å². The van der Waals surface area contributed by atoms with Gasteiger partial charge < -0.3 is 15.2 Å². The zero-order valence-electron chi connectivity index (χ0n) is 11.4. The fourth-order valence-corrected chi connectivity index (χ4v) is 1.76. The van der Waals surface area contributed by atoms with E-state index in [1.54, 1.807) is 19.1 Å². The van der Waals surface area contributed by atoms with Gasteiger partial charge in [-0.15, -0.1) is 0 Å². The second-order valence-corrected chi connectivity index (χ2v) is 4.27. The minimum atomic E-state index is -1.08. The Kier molecular flexibility index (Phi) is 5.51. The maximum absolute atomic E-state index is 11.6. The zero-order chi connectivity index (χ0) is 14.4. The van der Waals surface area contributed by atoms with E-state index < -0.39 is 17.9 Å². The molecule has 0 aliphatic carbocycles. The normalized spacial score (nSPS) is 11.9. The Morgan fingerprint density at radius 1 is 1.37 bits per heavy atom. The van der Waals surface area contributed by atoms with Gasteiger partial charge in [-0.25, -0.2) is 4.79 Å². The molecule has 5 heteroatoms. The molecule has 0 spiro atoms. The summed E-state index contributed by atoms with van der Waals surface area (Å²) in [4.78, 5) is 22.9. The quantitative estimate of drug-likeness (QED) is 0.819. The third kappa shape index (κ3) is 4.06. The van der Waals surface area contributed by atoms with Crippen molar-refractivity contribution in [1.29, 1.82) is 0 Å². The maximum atomic E-state index is 11.6. The molecule has 1 aromatic rings. The molecule has 0 bridgehead atoms. The fourth-order valence-electron chi connectivity index (χ4n) is 1.76. The van der Waals surface area contributed by atoms with E-state index >= 15 is 0 Å². The fraction of sp³-hybridized carbons (Fsp3) is 0.429. The van der Waals surface area contributed by atoms with Gasteiger partial charge in [0.25, 0.3) is 0 Å². The van der Waals surface area contributed by atoms with Crippen LogP contribution in [0.5, 0.6) is 0 Å². The summed E-state index contributed by atoms with van der Waals surface area (Å²) in [6.07, 6.45) is 0. The van der Waals surface area contributed by atoms with Crippen molar-refractivity contribution in [2.24, 2.45) is 0 Å². The molecule has 0 aliphatic rings. The smallest absolute Gasteiger partial charge is 0.330 e. The highest BCUT2D eigenvalue weighted by Gasteiger charge is 2.23. The summed E-state index contributed by atoms with van der Waals surface area (Å²) in [7, 11) is 0. The summed E-state index contributed by atoms with van der Waals surface area (Å²) in [5.74, 6) is -1.52. The second kappa shape index (κ2) is 6.89. The lowest BCUT2D eigenvalue weighted by molar-refractivity contribution is -0.142. The van der Waals surface area contributed by atoms with Crippen molar-refractivity contribution in [1.82, 2.24) is 5.32 Å². The van der Waals surface area contributed by atoms with Crippen LogP contribution in [0.2, 0.25) is 0 Å². The molecule has 1 rings (SSSR count). The van der Waals surface area contributed by atoms with Gasteiger partial charge in [0.05, 0.1) is 0 Å². The minimum Gasteiger partial charge on any atom is -0.479 e. The Bertz CT molecular complexity index is 471. The van der Waals surface area contributed by atoms with Gasteiger partial charge in [-0.05, 0) is 37.5 Å². The Morgan fingerprint density at radius 2 is 2.05 bits per heavy atom. The lowest BCUT2D eigenvalue weighted by Crippen LogP contribution is -2.36. The number of aliphatic carboxylic acids is 1. The number of ether oxygens (including phenoxy) is 1. The van der Waals surface area contributed by atoms with Crippen LogP contribution in [0.1, 0.15) is 29.7 Å². The Labute approximate surface area is 112 Å². The van der Waals surface area contributed by atoms with Gasteiger partial charge >= 0.3 is 5.97 Å². The number of hydrogen-bond acceptors (Lipinski definition) is 3. The van der Waals surface area contributed by atoms with Gasteiger partial charge in [-0.3, -0.25) is 4.79 Å². The first-order valence-corrected chi connectivity index (χ1v) is 6.13. The van der Waals surface area contributed by atoms with Gasteiger partial charge in [-0.1, -0.05) is 18.2 Å². The zero-order valence-corrected chi connectivity index (χ0v) is 11.4. The summed E-state index contributed by atoms with van der Waals surface area (Å²) in [6.45, 7) is 5.79. The minimum absolute atomic E-state index is 0.134. The van der Waals surface area contributed by atoms with E-state index in [1.807, 2.05) is 19.9 Å². The van der Waals surface area contributed by atoms with Gasteiger partial charge in [0.2, 0.25) is 5.91 Å². The first-order chi connectivity index (χ1) is 8.97. The number of aryl methyl sites for hydroxylation is 1. The van der Waals surface area contributed by atoms with Crippen molar-refractivity contribution in [3.63, 3.8) is 0 Å². The summed E-state index contributed by atoms with van der Waals surface area (Å²) < 4.78 is 4.96. The molecule has 5 nitrogen and oxygen atoms in total. The Morgan fingerprint density at radius 3 is 2.63 bits per heavy atom. The van der Waals surface area contributed by atoms with E-state index in [0.717, 1.165) is 11.1 Å². The average Bonchev–Trinajstić information content (AvgIpc) is 2.37. The van der Waals surface area contributed by atoms with Crippen LogP contribution >= 0.6 is 0 Å². The number of carbonyl (C=O) groups excluding carboxylic acids is 1. The van der Waals surface area contributed by atoms with Crippen LogP contribution in [-0.2, 0) is 14.3 Å². The molecule has 19 heavy (non-hydrogen) atoms. The van der Waals surface area contributed by atoms with Crippen LogP contribution in [0.4, 0.5) is 0 Å². The highest BCUT2D eigenvalue weighted by molar-refractivity contribution is 5.85. The topological polar surface area (TPSA) is 75.6 Å². The van der Waals surface area contributed by atoms with Gasteiger partial charge in [0.15, 0.2) is 6.04 Å². The van der Waals surface area contributed by atoms with E-state index in [2.05, 4.69) is 5.32 Å². The van der Waals surface area contributed by atoms with Crippen molar-refractivity contribution in [3.8, 4) is 0 Å². The van der Waals surface area contributed by atoms with E-state index in [0.29, 0.717) is 12.2 Å². The maximum Gasteiger partial charge on any atom is 0.330 e. The summed E-state index contributed by atoms with van der Waals surface area (Å²) in [5, 5.41) is 11.7. The number of benzene rings is 1. The van der Waals surface area contributed by atoms with Gasteiger partial charge in [0.1, 0.15) is 6.61 Å². The molecule has 0 radical (unpaired) electrons. The number of carbonyl (C=O) groups is 2.